The molecule has 0 fully saturated rings. The lowest BCUT2D eigenvalue weighted by molar-refractivity contribution is 0.0599. The molecule has 1 heterocycles. The highest BCUT2D eigenvalue weighted by Gasteiger charge is 2.14. The van der Waals surface area contributed by atoms with E-state index >= 15 is 0 Å². The number of carbonyl (C=O) groups is 2. The normalized spacial score (nSPS) is 9.82. The van der Waals surface area contributed by atoms with Crippen LogP contribution in [0.15, 0.2) is 18.3 Å². The van der Waals surface area contributed by atoms with E-state index in [0.29, 0.717) is 24.3 Å². The molecule has 0 atom stereocenters. The number of hydrogen-bond donors (Lipinski definition) is 0. The zero-order chi connectivity index (χ0) is 12.8. The molecule has 0 aliphatic heterocycles. The SMILES string of the molecule is CCN(CC)C(=O)c1ccc(C(=O)OC)cn1. The van der Waals surface area contributed by atoms with Gasteiger partial charge in [-0.1, -0.05) is 0 Å². The number of pyridine rings is 1. The van der Waals surface area contributed by atoms with Crippen LogP contribution in [0.25, 0.3) is 0 Å². The molecule has 5 heteroatoms. The molecule has 0 radical (unpaired) electrons. The van der Waals surface area contributed by atoms with Crippen LogP contribution in [0, 0.1) is 0 Å². The number of amides is 1. The van der Waals surface area contributed by atoms with E-state index in [4.69, 9.17) is 0 Å². The lowest BCUT2D eigenvalue weighted by Crippen LogP contribution is -2.31. The summed E-state index contributed by atoms with van der Waals surface area (Å²) < 4.78 is 4.55. The third-order valence-corrected chi connectivity index (χ3v) is 2.45. The van der Waals surface area contributed by atoms with E-state index in [1.54, 1.807) is 4.90 Å². The lowest BCUT2D eigenvalue weighted by atomic mass is 10.2. The van der Waals surface area contributed by atoms with E-state index in [2.05, 4.69) is 9.72 Å². The highest BCUT2D eigenvalue weighted by molar-refractivity contribution is 5.94. The van der Waals surface area contributed by atoms with Crippen molar-refractivity contribution in [2.45, 2.75) is 13.8 Å². The van der Waals surface area contributed by atoms with Gasteiger partial charge in [-0.15, -0.1) is 0 Å². The number of esters is 1. The molecule has 0 N–H and O–H groups in total. The van der Waals surface area contributed by atoms with Crippen molar-refractivity contribution in [2.24, 2.45) is 0 Å². The van der Waals surface area contributed by atoms with E-state index in [0.717, 1.165) is 0 Å². The van der Waals surface area contributed by atoms with Gasteiger partial charge in [0, 0.05) is 19.3 Å². The number of aromatic nitrogens is 1. The molecule has 0 aliphatic rings. The molecule has 5 nitrogen and oxygen atoms in total. The van der Waals surface area contributed by atoms with Gasteiger partial charge in [0.1, 0.15) is 5.69 Å². The van der Waals surface area contributed by atoms with Crippen LogP contribution in [0.5, 0.6) is 0 Å². The summed E-state index contributed by atoms with van der Waals surface area (Å²) in [7, 11) is 1.30. The Balaban J connectivity index is 2.87. The van der Waals surface area contributed by atoms with Crippen molar-refractivity contribution in [2.75, 3.05) is 20.2 Å². The minimum Gasteiger partial charge on any atom is -0.465 e. The smallest absolute Gasteiger partial charge is 0.339 e. The summed E-state index contributed by atoms with van der Waals surface area (Å²) in [5.41, 5.74) is 0.671. The number of carbonyl (C=O) groups excluding carboxylic acids is 2. The van der Waals surface area contributed by atoms with Gasteiger partial charge in [-0.2, -0.15) is 0 Å². The van der Waals surface area contributed by atoms with Crippen LogP contribution in [0.3, 0.4) is 0 Å². The highest BCUT2D eigenvalue weighted by atomic mass is 16.5. The van der Waals surface area contributed by atoms with Crippen molar-refractivity contribution >= 4 is 11.9 Å². The number of hydrogen-bond acceptors (Lipinski definition) is 4. The fourth-order valence-electron chi connectivity index (χ4n) is 1.43. The van der Waals surface area contributed by atoms with Crippen LogP contribution in [-0.4, -0.2) is 42.0 Å². The maximum Gasteiger partial charge on any atom is 0.339 e. The van der Waals surface area contributed by atoms with Gasteiger partial charge in [0.2, 0.25) is 0 Å². The largest absolute Gasteiger partial charge is 0.465 e. The lowest BCUT2D eigenvalue weighted by Gasteiger charge is -2.17. The van der Waals surface area contributed by atoms with Crippen molar-refractivity contribution in [1.29, 1.82) is 0 Å². The maximum absolute atomic E-state index is 11.9. The predicted molar refractivity (Wildman–Crippen MR) is 62.8 cm³/mol. The average Bonchev–Trinajstić information content (AvgIpc) is 2.39. The molecule has 0 saturated carbocycles. The molecule has 0 saturated heterocycles. The summed E-state index contributed by atoms with van der Waals surface area (Å²) in [5.74, 6) is -0.592. The second kappa shape index (κ2) is 5.98. The van der Waals surface area contributed by atoms with Crippen LogP contribution >= 0.6 is 0 Å². The molecule has 0 unspecified atom stereocenters. The number of ether oxygens (including phenoxy) is 1. The molecule has 0 aliphatic carbocycles. The summed E-state index contributed by atoms with van der Waals surface area (Å²) in [6, 6.07) is 3.07. The van der Waals surface area contributed by atoms with Gasteiger partial charge in [-0.05, 0) is 26.0 Å². The summed E-state index contributed by atoms with van der Waals surface area (Å²) in [5, 5.41) is 0. The Kier molecular flexibility index (Phi) is 4.63. The molecule has 17 heavy (non-hydrogen) atoms. The van der Waals surface area contributed by atoms with Crippen LogP contribution in [0.2, 0.25) is 0 Å². The molecule has 92 valence electrons. The predicted octanol–water partition coefficient (Wildman–Crippen LogP) is 1.35. The summed E-state index contributed by atoms with van der Waals surface area (Å²) in [6.07, 6.45) is 1.35. The molecule has 0 aromatic carbocycles. The first kappa shape index (κ1) is 13.2. The van der Waals surface area contributed by atoms with Crippen LogP contribution in [-0.2, 0) is 4.74 Å². The fourth-order valence-corrected chi connectivity index (χ4v) is 1.43. The molecule has 0 spiro atoms. The minimum absolute atomic E-state index is 0.133. The van der Waals surface area contributed by atoms with Crippen molar-refractivity contribution in [1.82, 2.24) is 9.88 Å². The molecule has 1 rings (SSSR count). The highest BCUT2D eigenvalue weighted by Crippen LogP contribution is 2.05. The first-order valence-electron chi connectivity index (χ1n) is 5.47. The maximum atomic E-state index is 11.9. The van der Waals surface area contributed by atoms with Crippen molar-refractivity contribution in [3.8, 4) is 0 Å². The van der Waals surface area contributed by atoms with Crippen molar-refractivity contribution in [3.05, 3.63) is 29.6 Å². The second-order valence-corrected chi connectivity index (χ2v) is 3.40. The Morgan fingerprint density at radius 3 is 2.35 bits per heavy atom. The Hall–Kier alpha value is -1.91. The van der Waals surface area contributed by atoms with Crippen LogP contribution in [0.4, 0.5) is 0 Å². The van der Waals surface area contributed by atoms with Gasteiger partial charge >= 0.3 is 5.97 Å². The van der Waals surface area contributed by atoms with E-state index in [9.17, 15) is 9.59 Å². The summed E-state index contributed by atoms with van der Waals surface area (Å²) in [4.78, 5) is 28.7. The first-order chi connectivity index (χ1) is 8.13. The van der Waals surface area contributed by atoms with Gasteiger partial charge < -0.3 is 9.64 Å². The fraction of sp³-hybridized carbons (Fsp3) is 0.417. The zero-order valence-electron chi connectivity index (χ0n) is 10.3. The molecule has 0 bridgehead atoms. The summed E-state index contributed by atoms with van der Waals surface area (Å²) in [6.45, 7) is 5.08. The van der Waals surface area contributed by atoms with Gasteiger partial charge in [0.05, 0.1) is 12.7 Å². The van der Waals surface area contributed by atoms with E-state index in [-0.39, 0.29) is 5.91 Å². The molecular weight excluding hydrogens is 220 g/mol. The van der Waals surface area contributed by atoms with E-state index in [1.807, 2.05) is 13.8 Å². The Morgan fingerprint density at radius 2 is 1.94 bits per heavy atom. The first-order valence-corrected chi connectivity index (χ1v) is 5.47. The van der Waals surface area contributed by atoms with Crippen LogP contribution in [0.1, 0.15) is 34.7 Å². The second-order valence-electron chi connectivity index (χ2n) is 3.40. The standard InChI is InChI=1S/C12H16N2O3/c1-4-14(5-2)11(15)10-7-6-9(8-13-10)12(16)17-3/h6-8H,4-5H2,1-3H3. The Labute approximate surface area is 100 Å². The van der Waals surface area contributed by atoms with Gasteiger partial charge in [-0.25, -0.2) is 4.79 Å². The number of nitrogens with zero attached hydrogens (tertiary/aromatic N) is 2. The monoisotopic (exact) mass is 236 g/mol. The molecular formula is C12H16N2O3. The van der Waals surface area contributed by atoms with Gasteiger partial charge in [0.25, 0.3) is 5.91 Å². The number of methoxy groups -OCH3 is 1. The molecule has 1 amide bonds. The van der Waals surface area contributed by atoms with E-state index in [1.165, 1.54) is 25.4 Å². The van der Waals surface area contributed by atoms with Crippen molar-refractivity contribution in [3.63, 3.8) is 0 Å². The van der Waals surface area contributed by atoms with Gasteiger partial charge in [-0.3, -0.25) is 9.78 Å². The van der Waals surface area contributed by atoms with Crippen molar-refractivity contribution < 1.29 is 14.3 Å². The van der Waals surface area contributed by atoms with Gasteiger partial charge in [0.15, 0.2) is 0 Å². The zero-order valence-corrected chi connectivity index (χ0v) is 10.3. The molecule has 1 aromatic heterocycles. The van der Waals surface area contributed by atoms with E-state index < -0.39 is 5.97 Å². The third-order valence-electron chi connectivity index (χ3n) is 2.45. The summed E-state index contributed by atoms with van der Waals surface area (Å²) >= 11 is 0. The van der Waals surface area contributed by atoms with Crippen LogP contribution < -0.4 is 0 Å². The minimum atomic E-state index is -0.459. The topological polar surface area (TPSA) is 59.5 Å². The Morgan fingerprint density at radius 1 is 1.29 bits per heavy atom. The Bertz CT molecular complexity index is 397. The molecule has 1 aromatic rings. The average molecular weight is 236 g/mol. The number of rotatable bonds is 4. The third kappa shape index (κ3) is 3.03. The quantitative estimate of drug-likeness (QED) is 0.740.